The molecule has 0 bridgehead atoms. The van der Waals surface area contributed by atoms with Gasteiger partial charge in [0.25, 0.3) is 0 Å². The minimum atomic E-state index is -0.320. The van der Waals surface area contributed by atoms with E-state index in [1.54, 1.807) is 24.3 Å². The standard InChI is InChI=1S/C12H16O3/c1-3-4-5-6-10-15-12(14)9-7-8-11(2)13/h3-6,10H,1,7-9H2,2H3/b5-4-,10-6+. The van der Waals surface area contributed by atoms with Gasteiger partial charge >= 0.3 is 5.97 Å². The molecule has 0 heterocycles. The molecule has 0 aromatic heterocycles. The van der Waals surface area contributed by atoms with E-state index in [4.69, 9.17) is 4.74 Å². The van der Waals surface area contributed by atoms with Gasteiger partial charge in [0.05, 0.1) is 6.26 Å². The van der Waals surface area contributed by atoms with Crippen molar-refractivity contribution < 1.29 is 14.3 Å². The van der Waals surface area contributed by atoms with Crippen LogP contribution in [0.4, 0.5) is 0 Å². The molecule has 0 saturated carbocycles. The quantitative estimate of drug-likeness (QED) is 0.367. The Hall–Kier alpha value is -1.64. The Bertz CT molecular complexity index is 275. The van der Waals surface area contributed by atoms with E-state index in [0.717, 1.165) is 0 Å². The lowest BCUT2D eigenvalue weighted by molar-refractivity contribution is -0.138. The third-order valence-corrected chi connectivity index (χ3v) is 1.55. The van der Waals surface area contributed by atoms with Crippen molar-refractivity contribution in [3.05, 3.63) is 37.1 Å². The minimum Gasteiger partial charge on any atom is -0.434 e. The van der Waals surface area contributed by atoms with Gasteiger partial charge in [-0.2, -0.15) is 0 Å². The van der Waals surface area contributed by atoms with E-state index in [9.17, 15) is 9.59 Å². The van der Waals surface area contributed by atoms with Crippen LogP contribution in [0.5, 0.6) is 0 Å². The molecular weight excluding hydrogens is 192 g/mol. The Kier molecular flexibility index (Phi) is 7.96. The lowest BCUT2D eigenvalue weighted by atomic mass is 10.2. The maximum atomic E-state index is 11.0. The van der Waals surface area contributed by atoms with Crippen molar-refractivity contribution in [3.8, 4) is 0 Å². The fourth-order valence-electron chi connectivity index (χ4n) is 0.844. The number of esters is 1. The first-order chi connectivity index (χ1) is 7.16. The molecule has 82 valence electrons. The van der Waals surface area contributed by atoms with Crippen LogP contribution in [0.15, 0.2) is 37.1 Å². The van der Waals surface area contributed by atoms with E-state index >= 15 is 0 Å². The molecule has 0 fully saturated rings. The number of hydrogen-bond acceptors (Lipinski definition) is 3. The molecule has 0 saturated heterocycles. The van der Waals surface area contributed by atoms with E-state index in [1.807, 2.05) is 0 Å². The average Bonchev–Trinajstić information content (AvgIpc) is 2.17. The first-order valence-corrected chi connectivity index (χ1v) is 4.80. The van der Waals surface area contributed by atoms with Crippen molar-refractivity contribution in [2.24, 2.45) is 0 Å². The van der Waals surface area contributed by atoms with Gasteiger partial charge in [0.1, 0.15) is 5.78 Å². The van der Waals surface area contributed by atoms with Crippen LogP contribution >= 0.6 is 0 Å². The van der Waals surface area contributed by atoms with E-state index in [1.165, 1.54) is 13.2 Å². The molecule has 0 aliphatic rings. The van der Waals surface area contributed by atoms with Gasteiger partial charge in [0, 0.05) is 12.8 Å². The molecule has 0 aromatic carbocycles. The molecule has 0 N–H and O–H groups in total. The maximum absolute atomic E-state index is 11.0. The van der Waals surface area contributed by atoms with Crippen LogP contribution in [-0.2, 0) is 14.3 Å². The van der Waals surface area contributed by atoms with Crippen molar-refractivity contribution in [1.82, 2.24) is 0 Å². The van der Waals surface area contributed by atoms with Crippen molar-refractivity contribution >= 4 is 11.8 Å². The Morgan fingerprint density at radius 3 is 2.53 bits per heavy atom. The van der Waals surface area contributed by atoms with E-state index in [2.05, 4.69) is 6.58 Å². The van der Waals surface area contributed by atoms with Gasteiger partial charge in [-0.3, -0.25) is 4.79 Å². The molecule has 0 rings (SSSR count). The lowest BCUT2D eigenvalue weighted by Gasteiger charge is -1.96. The number of rotatable bonds is 7. The van der Waals surface area contributed by atoms with Crippen molar-refractivity contribution in [3.63, 3.8) is 0 Å². The summed E-state index contributed by atoms with van der Waals surface area (Å²) in [5, 5.41) is 0. The molecule has 3 nitrogen and oxygen atoms in total. The minimum absolute atomic E-state index is 0.0901. The monoisotopic (exact) mass is 208 g/mol. The van der Waals surface area contributed by atoms with Gasteiger partial charge in [0.2, 0.25) is 0 Å². The summed E-state index contributed by atoms with van der Waals surface area (Å²) in [5.74, 6) is -0.230. The van der Waals surface area contributed by atoms with E-state index < -0.39 is 0 Å². The number of ketones is 1. The van der Waals surface area contributed by atoms with Crippen LogP contribution in [0.25, 0.3) is 0 Å². The van der Waals surface area contributed by atoms with Gasteiger partial charge < -0.3 is 9.53 Å². The lowest BCUT2D eigenvalue weighted by Crippen LogP contribution is -2.00. The molecule has 0 radical (unpaired) electrons. The topological polar surface area (TPSA) is 43.4 Å². The fourth-order valence-corrected chi connectivity index (χ4v) is 0.844. The fraction of sp³-hybridized carbons (Fsp3) is 0.333. The van der Waals surface area contributed by atoms with Crippen LogP contribution in [0, 0.1) is 0 Å². The second-order valence-electron chi connectivity index (χ2n) is 2.99. The molecule has 0 aliphatic carbocycles. The van der Waals surface area contributed by atoms with Crippen molar-refractivity contribution in [2.45, 2.75) is 26.2 Å². The first kappa shape index (κ1) is 13.4. The van der Waals surface area contributed by atoms with Gasteiger partial charge in [-0.05, 0) is 19.4 Å². The summed E-state index contributed by atoms with van der Waals surface area (Å²) in [6.07, 6.45) is 9.21. The molecule has 0 atom stereocenters. The number of hydrogen-bond donors (Lipinski definition) is 0. The van der Waals surface area contributed by atoms with Gasteiger partial charge in [-0.15, -0.1) is 0 Å². The Morgan fingerprint density at radius 2 is 1.93 bits per heavy atom. The Balaban J connectivity index is 3.57. The SMILES string of the molecule is C=C/C=C\C=C\OC(=O)CCCC(C)=O. The third-order valence-electron chi connectivity index (χ3n) is 1.55. The predicted molar refractivity (Wildman–Crippen MR) is 59.1 cm³/mol. The second-order valence-corrected chi connectivity index (χ2v) is 2.99. The number of allylic oxidation sites excluding steroid dienone is 4. The van der Waals surface area contributed by atoms with Crippen LogP contribution in [0.3, 0.4) is 0 Å². The number of Topliss-reactive ketones (excluding diaryl/α,β-unsaturated/α-hetero) is 1. The highest BCUT2D eigenvalue weighted by Gasteiger charge is 2.01. The molecular formula is C12H16O3. The summed E-state index contributed by atoms with van der Waals surface area (Å²) in [7, 11) is 0. The molecule has 0 unspecified atom stereocenters. The molecule has 15 heavy (non-hydrogen) atoms. The molecule has 0 spiro atoms. The van der Waals surface area contributed by atoms with Crippen molar-refractivity contribution in [2.75, 3.05) is 0 Å². The number of ether oxygens (including phenoxy) is 1. The molecule has 0 amide bonds. The van der Waals surface area contributed by atoms with Crippen LogP contribution in [0.2, 0.25) is 0 Å². The highest BCUT2D eigenvalue weighted by Crippen LogP contribution is 1.98. The third kappa shape index (κ3) is 10.3. The Morgan fingerprint density at radius 1 is 1.20 bits per heavy atom. The Labute approximate surface area is 90.1 Å². The first-order valence-electron chi connectivity index (χ1n) is 4.80. The van der Waals surface area contributed by atoms with Crippen LogP contribution < -0.4 is 0 Å². The molecule has 3 heteroatoms. The average molecular weight is 208 g/mol. The van der Waals surface area contributed by atoms with Crippen molar-refractivity contribution in [1.29, 1.82) is 0 Å². The smallest absolute Gasteiger partial charge is 0.310 e. The van der Waals surface area contributed by atoms with Gasteiger partial charge in [0.15, 0.2) is 0 Å². The normalized spacial score (nSPS) is 10.7. The zero-order valence-electron chi connectivity index (χ0n) is 8.94. The van der Waals surface area contributed by atoms with Gasteiger partial charge in [-0.1, -0.05) is 24.8 Å². The summed E-state index contributed by atoms with van der Waals surface area (Å²) in [6, 6.07) is 0. The maximum Gasteiger partial charge on any atom is 0.310 e. The zero-order chi connectivity index (χ0) is 11.5. The largest absolute Gasteiger partial charge is 0.434 e. The molecule has 0 aliphatic heterocycles. The summed E-state index contributed by atoms with van der Waals surface area (Å²) in [5.41, 5.74) is 0. The zero-order valence-corrected chi connectivity index (χ0v) is 8.94. The number of carbonyl (C=O) groups is 2. The summed E-state index contributed by atoms with van der Waals surface area (Å²) < 4.78 is 4.75. The highest BCUT2D eigenvalue weighted by atomic mass is 16.5. The van der Waals surface area contributed by atoms with Crippen LogP contribution in [0.1, 0.15) is 26.2 Å². The summed E-state index contributed by atoms with van der Waals surface area (Å²) in [6.45, 7) is 5.00. The van der Waals surface area contributed by atoms with E-state index in [0.29, 0.717) is 12.8 Å². The number of carbonyl (C=O) groups excluding carboxylic acids is 2. The second kappa shape index (κ2) is 8.94. The van der Waals surface area contributed by atoms with E-state index in [-0.39, 0.29) is 18.2 Å². The molecule has 0 aromatic rings. The van der Waals surface area contributed by atoms with Crippen LogP contribution in [-0.4, -0.2) is 11.8 Å². The summed E-state index contributed by atoms with van der Waals surface area (Å²) in [4.78, 5) is 21.6. The summed E-state index contributed by atoms with van der Waals surface area (Å²) >= 11 is 0. The van der Waals surface area contributed by atoms with Gasteiger partial charge in [-0.25, -0.2) is 0 Å². The highest BCUT2D eigenvalue weighted by molar-refractivity contribution is 5.76. The predicted octanol–water partition coefficient (Wildman–Crippen LogP) is 2.54.